The van der Waals surface area contributed by atoms with Gasteiger partial charge in [0.05, 0.1) is 27.7 Å². The van der Waals surface area contributed by atoms with Crippen LogP contribution in [0.4, 0.5) is 0 Å². The smallest absolute Gasteiger partial charge is 0.0872 e. The standard InChI is InChI=1S/C8H20NS/c1-5-7-10-8-6-9(2,3)4/h5-8H2,1-4H3/q+1. The number of rotatable bonds is 5. The largest absolute Gasteiger partial charge is 0.330 e. The molecule has 0 N–H and O–H groups in total. The lowest BCUT2D eigenvalue weighted by atomic mass is 10.6. The zero-order chi connectivity index (χ0) is 8.04. The summed E-state index contributed by atoms with van der Waals surface area (Å²) in [4.78, 5) is 0. The lowest BCUT2D eigenvalue weighted by molar-refractivity contribution is -0.867. The van der Waals surface area contributed by atoms with Gasteiger partial charge in [-0.2, -0.15) is 11.8 Å². The predicted octanol–water partition coefficient (Wildman–Crippen LogP) is 1.84. The van der Waals surface area contributed by atoms with Gasteiger partial charge in [0, 0.05) is 5.75 Å². The van der Waals surface area contributed by atoms with E-state index in [0.717, 1.165) is 4.48 Å². The zero-order valence-electron chi connectivity index (χ0n) is 7.68. The predicted molar refractivity (Wildman–Crippen MR) is 50.5 cm³/mol. The Bertz CT molecular complexity index is 75.8. The highest BCUT2D eigenvalue weighted by Gasteiger charge is 2.04. The van der Waals surface area contributed by atoms with Crippen LogP contribution >= 0.6 is 11.8 Å². The van der Waals surface area contributed by atoms with Crippen LogP contribution in [0, 0.1) is 0 Å². The van der Waals surface area contributed by atoms with E-state index in [2.05, 4.69) is 39.8 Å². The third-order valence-electron chi connectivity index (χ3n) is 1.25. The SMILES string of the molecule is CCCSCC[N+](C)(C)C. The molecule has 0 aromatic heterocycles. The van der Waals surface area contributed by atoms with Crippen molar-refractivity contribution in [2.24, 2.45) is 0 Å². The molecule has 0 spiro atoms. The first-order valence-corrected chi connectivity index (χ1v) is 5.10. The number of hydrogen-bond donors (Lipinski definition) is 0. The fraction of sp³-hybridized carbons (Fsp3) is 1.00. The van der Waals surface area contributed by atoms with Gasteiger partial charge in [-0.05, 0) is 12.2 Å². The van der Waals surface area contributed by atoms with Gasteiger partial charge in [0.15, 0.2) is 0 Å². The Balaban J connectivity index is 3.04. The Morgan fingerprint density at radius 2 is 1.70 bits per heavy atom. The molecule has 0 saturated heterocycles. The minimum absolute atomic E-state index is 1.09. The van der Waals surface area contributed by atoms with Crippen molar-refractivity contribution in [1.82, 2.24) is 0 Å². The van der Waals surface area contributed by atoms with Crippen LogP contribution in [0.3, 0.4) is 0 Å². The van der Waals surface area contributed by atoms with Crippen LogP contribution in [0.25, 0.3) is 0 Å². The second-order valence-corrected chi connectivity index (χ2v) is 4.85. The van der Waals surface area contributed by atoms with Crippen LogP contribution in [0.5, 0.6) is 0 Å². The van der Waals surface area contributed by atoms with Crippen LogP contribution in [-0.4, -0.2) is 43.7 Å². The van der Waals surface area contributed by atoms with E-state index in [-0.39, 0.29) is 0 Å². The van der Waals surface area contributed by atoms with Crippen LogP contribution in [-0.2, 0) is 0 Å². The summed E-state index contributed by atoms with van der Waals surface area (Å²) in [7, 11) is 6.73. The van der Waals surface area contributed by atoms with E-state index in [1.54, 1.807) is 0 Å². The summed E-state index contributed by atoms with van der Waals surface area (Å²) in [5.41, 5.74) is 0. The molecule has 0 radical (unpaired) electrons. The molecule has 2 heteroatoms. The van der Waals surface area contributed by atoms with Gasteiger partial charge < -0.3 is 4.48 Å². The highest BCUT2D eigenvalue weighted by Crippen LogP contribution is 2.03. The van der Waals surface area contributed by atoms with E-state index in [0.29, 0.717) is 0 Å². The monoisotopic (exact) mass is 162 g/mol. The van der Waals surface area contributed by atoms with Crippen molar-refractivity contribution in [3.05, 3.63) is 0 Å². The maximum absolute atomic E-state index is 2.24. The molecule has 0 bridgehead atoms. The molecule has 0 aliphatic carbocycles. The summed E-state index contributed by atoms with van der Waals surface area (Å²) in [6.45, 7) is 3.52. The minimum Gasteiger partial charge on any atom is -0.330 e. The summed E-state index contributed by atoms with van der Waals surface area (Å²) < 4.78 is 1.09. The Kier molecular flexibility index (Phi) is 5.18. The maximum Gasteiger partial charge on any atom is 0.0872 e. The van der Waals surface area contributed by atoms with Crippen molar-refractivity contribution in [2.45, 2.75) is 13.3 Å². The molecule has 10 heavy (non-hydrogen) atoms. The van der Waals surface area contributed by atoms with Crippen LogP contribution in [0.15, 0.2) is 0 Å². The van der Waals surface area contributed by atoms with Gasteiger partial charge in [-0.3, -0.25) is 0 Å². The zero-order valence-corrected chi connectivity index (χ0v) is 8.50. The average Bonchev–Trinajstić information content (AvgIpc) is 1.78. The number of hydrogen-bond acceptors (Lipinski definition) is 1. The minimum atomic E-state index is 1.09. The molecule has 0 aliphatic rings. The Hall–Kier alpha value is 0.310. The maximum atomic E-state index is 2.24. The number of nitrogens with zero attached hydrogens (tertiary/aromatic N) is 1. The van der Waals surface area contributed by atoms with Gasteiger partial charge in [-0.15, -0.1) is 0 Å². The molecule has 0 amide bonds. The topological polar surface area (TPSA) is 0 Å². The first kappa shape index (κ1) is 10.3. The molecule has 0 aromatic carbocycles. The molecule has 0 aromatic rings. The molecular formula is C8H20NS+. The van der Waals surface area contributed by atoms with Crippen molar-refractivity contribution in [3.63, 3.8) is 0 Å². The number of quaternary nitrogens is 1. The molecule has 0 unspecified atom stereocenters. The van der Waals surface area contributed by atoms with E-state index in [4.69, 9.17) is 0 Å². The summed E-state index contributed by atoms with van der Waals surface area (Å²) in [6.07, 6.45) is 1.31. The van der Waals surface area contributed by atoms with E-state index in [1.807, 2.05) is 0 Å². The van der Waals surface area contributed by atoms with Gasteiger partial charge in [-0.25, -0.2) is 0 Å². The molecule has 0 fully saturated rings. The third kappa shape index (κ3) is 8.31. The molecule has 62 valence electrons. The van der Waals surface area contributed by atoms with Gasteiger partial charge >= 0.3 is 0 Å². The Morgan fingerprint density at radius 1 is 1.10 bits per heavy atom. The molecule has 0 atom stereocenters. The highest BCUT2D eigenvalue weighted by atomic mass is 32.2. The van der Waals surface area contributed by atoms with Crippen molar-refractivity contribution in [1.29, 1.82) is 0 Å². The molecule has 0 heterocycles. The molecule has 1 nitrogen and oxygen atoms in total. The fourth-order valence-corrected chi connectivity index (χ4v) is 1.75. The van der Waals surface area contributed by atoms with Gasteiger partial charge in [0.25, 0.3) is 0 Å². The van der Waals surface area contributed by atoms with Gasteiger partial charge in [0.2, 0.25) is 0 Å². The Morgan fingerprint density at radius 3 is 2.10 bits per heavy atom. The lowest BCUT2D eigenvalue weighted by Crippen LogP contribution is -2.36. The van der Waals surface area contributed by atoms with E-state index in [9.17, 15) is 0 Å². The lowest BCUT2D eigenvalue weighted by Gasteiger charge is -2.23. The fourth-order valence-electron chi connectivity index (χ4n) is 0.585. The highest BCUT2D eigenvalue weighted by molar-refractivity contribution is 7.99. The first-order valence-electron chi connectivity index (χ1n) is 3.94. The van der Waals surface area contributed by atoms with Crippen molar-refractivity contribution >= 4 is 11.8 Å². The van der Waals surface area contributed by atoms with Gasteiger partial charge in [-0.1, -0.05) is 6.92 Å². The van der Waals surface area contributed by atoms with Crippen LogP contribution < -0.4 is 0 Å². The van der Waals surface area contributed by atoms with Crippen molar-refractivity contribution in [2.75, 3.05) is 39.2 Å². The normalized spacial score (nSPS) is 12.0. The molecule has 0 rings (SSSR count). The van der Waals surface area contributed by atoms with E-state index >= 15 is 0 Å². The van der Waals surface area contributed by atoms with E-state index < -0.39 is 0 Å². The van der Waals surface area contributed by atoms with Crippen molar-refractivity contribution in [3.8, 4) is 0 Å². The quantitative estimate of drug-likeness (QED) is 0.439. The molecular weight excluding hydrogens is 142 g/mol. The van der Waals surface area contributed by atoms with Gasteiger partial charge in [0.1, 0.15) is 0 Å². The average molecular weight is 162 g/mol. The molecule has 0 saturated carbocycles. The van der Waals surface area contributed by atoms with Crippen molar-refractivity contribution < 1.29 is 4.48 Å². The third-order valence-corrected chi connectivity index (χ3v) is 2.42. The second kappa shape index (κ2) is 5.03. The Labute approximate surface area is 69.4 Å². The first-order chi connectivity index (χ1) is 4.56. The second-order valence-electron chi connectivity index (χ2n) is 3.63. The summed E-state index contributed by atoms with van der Waals surface area (Å²) in [5.74, 6) is 2.62. The summed E-state index contributed by atoms with van der Waals surface area (Å²) >= 11 is 2.06. The number of thioether (sulfide) groups is 1. The summed E-state index contributed by atoms with van der Waals surface area (Å²) in [5, 5.41) is 0. The van der Waals surface area contributed by atoms with E-state index in [1.165, 1.54) is 24.5 Å². The summed E-state index contributed by atoms with van der Waals surface area (Å²) in [6, 6.07) is 0. The molecule has 0 aliphatic heterocycles. The van der Waals surface area contributed by atoms with Crippen LogP contribution in [0.1, 0.15) is 13.3 Å². The van der Waals surface area contributed by atoms with Crippen LogP contribution in [0.2, 0.25) is 0 Å².